The van der Waals surface area contributed by atoms with Gasteiger partial charge in [-0.15, -0.1) is 11.3 Å². The molecule has 0 radical (unpaired) electrons. The van der Waals surface area contributed by atoms with E-state index in [1.807, 2.05) is 11.3 Å². The number of nitrogens with zero attached hydrogens (tertiary/aromatic N) is 1. The summed E-state index contributed by atoms with van der Waals surface area (Å²) in [5, 5.41) is 12.6. The average Bonchev–Trinajstić information content (AvgIpc) is 3.61. The Labute approximate surface area is 317 Å². The molecule has 2 heteroatoms. The van der Waals surface area contributed by atoms with Crippen LogP contribution in [0.25, 0.3) is 85.5 Å². The third-order valence-electron chi connectivity index (χ3n) is 11.0. The van der Waals surface area contributed by atoms with Crippen molar-refractivity contribution in [1.82, 2.24) is 0 Å². The van der Waals surface area contributed by atoms with E-state index in [9.17, 15) is 0 Å². The van der Waals surface area contributed by atoms with Crippen molar-refractivity contribution in [2.24, 2.45) is 0 Å². The van der Waals surface area contributed by atoms with Crippen molar-refractivity contribution in [3.05, 3.63) is 200 Å². The highest BCUT2D eigenvalue weighted by Gasteiger charge is 2.22. The van der Waals surface area contributed by atoms with E-state index >= 15 is 0 Å². The first-order valence-electron chi connectivity index (χ1n) is 18.5. The lowest BCUT2D eigenvalue weighted by Crippen LogP contribution is -2.11. The predicted octanol–water partition coefficient (Wildman–Crippen LogP) is 15.5. The highest BCUT2D eigenvalue weighted by Crippen LogP contribution is 2.48. The summed E-state index contributed by atoms with van der Waals surface area (Å²) in [4.78, 5) is 2.50. The van der Waals surface area contributed by atoms with Crippen LogP contribution in [-0.4, -0.2) is 0 Å². The fourth-order valence-corrected chi connectivity index (χ4v) is 9.64. The maximum Gasteiger partial charge on any atom is 0.0554 e. The summed E-state index contributed by atoms with van der Waals surface area (Å²) in [5.41, 5.74) is 8.27. The molecule has 252 valence electrons. The Hall–Kier alpha value is -6.74. The van der Waals surface area contributed by atoms with Crippen LogP contribution in [0, 0.1) is 0 Å². The number of hydrogen-bond acceptors (Lipinski definition) is 2. The van der Waals surface area contributed by atoms with Gasteiger partial charge in [0, 0.05) is 31.5 Å². The van der Waals surface area contributed by atoms with Gasteiger partial charge in [-0.3, -0.25) is 0 Å². The van der Waals surface area contributed by atoms with E-state index in [4.69, 9.17) is 0 Å². The van der Waals surface area contributed by atoms with Crippen LogP contribution >= 0.6 is 11.3 Å². The molecule has 11 rings (SSSR count). The van der Waals surface area contributed by atoms with Crippen molar-refractivity contribution >= 4 is 91.7 Å². The second-order valence-electron chi connectivity index (χ2n) is 14.1. The van der Waals surface area contributed by atoms with Gasteiger partial charge in [-0.25, -0.2) is 0 Å². The lowest BCUT2D eigenvalue weighted by atomic mass is 9.90. The number of hydrogen-bond donors (Lipinski definition) is 0. The zero-order valence-electron chi connectivity index (χ0n) is 29.4. The molecule has 0 aliphatic heterocycles. The van der Waals surface area contributed by atoms with E-state index in [0.717, 1.165) is 11.4 Å². The lowest BCUT2D eigenvalue weighted by Gasteiger charge is -2.28. The van der Waals surface area contributed by atoms with Crippen LogP contribution in [0.5, 0.6) is 0 Å². The highest BCUT2D eigenvalue weighted by atomic mass is 32.1. The summed E-state index contributed by atoms with van der Waals surface area (Å²) in [7, 11) is 0. The summed E-state index contributed by atoms with van der Waals surface area (Å²) >= 11 is 1.88. The monoisotopic (exact) mass is 703 g/mol. The Balaban J connectivity index is 1.23. The van der Waals surface area contributed by atoms with E-state index in [2.05, 4.69) is 205 Å². The van der Waals surface area contributed by atoms with Gasteiger partial charge < -0.3 is 4.90 Å². The minimum absolute atomic E-state index is 1.12. The summed E-state index contributed by atoms with van der Waals surface area (Å²) in [6, 6.07) is 73.7. The van der Waals surface area contributed by atoms with Crippen molar-refractivity contribution < 1.29 is 0 Å². The molecular formula is C52H33NS. The van der Waals surface area contributed by atoms with Crippen molar-refractivity contribution in [2.75, 3.05) is 4.90 Å². The van der Waals surface area contributed by atoms with Crippen LogP contribution in [-0.2, 0) is 0 Å². The third kappa shape index (κ3) is 4.99. The van der Waals surface area contributed by atoms with Crippen LogP contribution in [0.4, 0.5) is 17.1 Å². The molecule has 0 aliphatic carbocycles. The molecule has 0 aliphatic rings. The Morgan fingerprint density at radius 2 is 0.926 bits per heavy atom. The molecule has 0 N–H and O–H groups in total. The molecule has 10 aromatic carbocycles. The van der Waals surface area contributed by atoms with Crippen LogP contribution in [0.2, 0.25) is 0 Å². The molecule has 1 heterocycles. The Kier molecular flexibility index (Phi) is 7.11. The van der Waals surface area contributed by atoms with Gasteiger partial charge in [-0.2, -0.15) is 0 Å². The van der Waals surface area contributed by atoms with Gasteiger partial charge in [0.05, 0.1) is 5.69 Å². The van der Waals surface area contributed by atoms with Crippen molar-refractivity contribution in [3.8, 4) is 22.3 Å². The first kappa shape index (κ1) is 30.8. The van der Waals surface area contributed by atoms with E-state index in [-0.39, 0.29) is 0 Å². The SMILES string of the molecule is c1ccc(-c2cccc(N(c3cc(-c4cc5ccccc5c5ccccc45)c4ccccc4c3)c3cccc4sc5cc6ccccc6cc5c34)c2)cc1. The van der Waals surface area contributed by atoms with Gasteiger partial charge in [-0.05, 0) is 120 Å². The standard InChI is InChI=1S/C52H33NS/c1-2-14-34(15-3-1)35-20-12-21-40(28-35)53(49-26-13-27-50-52(49)48-30-36-16-4-5-17-37(36)32-51(48)54-50)41-29-38-18-6-9-23-43(38)47(33-41)46-31-39-19-7-8-22-42(39)44-24-10-11-25-45(44)46/h1-33H. The second kappa shape index (κ2) is 12.4. The molecule has 0 amide bonds. The van der Waals surface area contributed by atoms with Gasteiger partial charge in [0.15, 0.2) is 0 Å². The second-order valence-corrected chi connectivity index (χ2v) is 15.2. The summed E-state index contributed by atoms with van der Waals surface area (Å²) in [5.74, 6) is 0. The van der Waals surface area contributed by atoms with Gasteiger partial charge in [0.1, 0.15) is 0 Å². The quantitative estimate of drug-likeness (QED) is 0.161. The molecule has 0 spiro atoms. The fourth-order valence-electron chi connectivity index (χ4n) is 8.49. The molecule has 0 saturated carbocycles. The van der Waals surface area contributed by atoms with Crippen molar-refractivity contribution in [2.45, 2.75) is 0 Å². The number of fused-ring (bicyclic) bond motifs is 8. The number of anilines is 3. The van der Waals surface area contributed by atoms with Gasteiger partial charge >= 0.3 is 0 Å². The molecule has 0 unspecified atom stereocenters. The molecule has 1 aromatic heterocycles. The summed E-state index contributed by atoms with van der Waals surface area (Å²) < 4.78 is 2.58. The molecule has 1 nitrogen and oxygen atoms in total. The molecule has 54 heavy (non-hydrogen) atoms. The minimum Gasteiger partial charge on any atom is -0.310 e. The molecule has 0 fully saturated rings. The molecule has 0 atom stereocenters. The molecule has 0 saturated heterocycles. The third-order valence-corrected chi connectivity index (χ3v) is 12.1. The Bertz CT molecular complexity index is 3230. The van der Waals surface area contributed by atoms with Crippen LogP contribution < -0.4 is 4.90 Å². The molecule has 0 bridgehead atoms. The minimum atomic E-state index is 1.12. The summed E-state index contributed by atoms with van der Waals surface area (Å²) in [6.45, 7) is 0. The fraction of sp³-hybridized carbons (Fsp3) is 0. The normalized spacial score (nSPS) is 11.7. The van der Waals surface area contributed by atoms with Crippen molar-refractivity contribution in [1.29, 1.82) is 0 Å². The van der Waals surface area contributed by atoms with Crippen LogP contribution in [0.3, 0.4) is 0 Å². The van der Waals surface area contributed by atoms with Crippen LogP contribution in [0.15, 0.2) is 200 Å². The Morgan fingerprint density at radius 1 is 0.315 bits per heavy atom. The van der Waals surface area contributed by atoms with E-state index in [0.29, 0.717) is 0 Å². The maximum absolute atomic E-state index is 2.50. The van der Waals surface area contributed by atoms with E-state index in [1.165, 1.54) is 91.2 Å². The first-order chi connectivity index (χ1) is 26.8. The number of rotatable bonds is 5. The predicted molar refractivity (Wildman–Crippen MR) is 235 cm³/mol. The smallest absolute Gasteiger partial charge is 0.0554 e. The molecule has 11 aromatic rings. The highest BCUT2D eigenvalue weighted by molar-refractivity contribution is 7.26. The maximum atomic E-state index is 2.50. The van der Waals surface area contributed by atoms with Crippen molar-refractivity contribution in [3.63, 3.8) is 0 Å². The first-order valence-corrected chi connectivity index (χ1v) is 19.3. The van der Waals surface area contributed by atoms with Crippen LogP contribution in [0.1, 0.15) is 0 Å². The molecular weight excluding hydrogens is 671 g/mol. The van der Waals surface area contributed by atoms with E-state index < -0.39 is 0 Å². The number of thiophene rings is 1. The topological polar surface area (TPSA) is 3.24 Å². The Morgan fingerprint density at radius 3 is 1.74 bits per heavy atom. The van der Waals surface area contributed by atoms with Gasteiger partial charge in [-0.1, -0.05) is 146 Å². The lowest BCUT2D eigenvalue weighted by molar-refractivity contribution is 1.31. The summed E-state index contributed by atoms with van der Waals surface area (Å²) in [6.07, 6.45) is 0. The average molecular weight is 704 g/mol. The number of benzene rings is 10. The van der Waals surface area contributed by atoms with Gasteiger partial charge in [0.25, 0.3) is 0 Å². The van der Waals surface area contributed by atoms with E-state index in [1.54, 1.807) is 0 Å². The largest absolute Gasteiger partial charge is 0.310 e. The zero-order valence-corrected chi connectivity index (χ0v) is 30.2. The van der Waals surface area contributed by atoms with Gasteiger partial charge in [0.2, 0.25) is 0 Å². The zero-order chi connectivity index (χ0) is 35.6.